The zero-order valence-corrected chi connectivity index (χ0v) is 8.32. The quantitative estimate of drug-likeness (QED) is 0.720. The first-order valence-electron chi connectivity index (χ1n) is 5.17. The fourth-order valence-electron chi connectivity index (χ4n) is 2.10. The van der Waals surface area contributed by atoms with E-state index in [9.17, 15) is 5.11 Å². The minimum atomic E-state index is 0.166. The molecule has 4 heteroatoms. The van der Waals surface area contributed by atoms with Crippen molar-refractivity contribution in [3.05, 3.63) is 17.7 Å². The fourth-order valence-corrected chi connectivity index (χ4v) is 2.10. The van der Waals surface area contributed by atoms with Crippen molar-refractivity contribution in [2.75, 3.05) is 31.7 Å². The highest BCUT2D eigenvalue weighted by molar-refractivity contribution is 5.65. The third-order valence-corrected chi connectivity index (χ3v) is 2.91. The number of ether oxygens (including phenoxy) is 2. The van der Waals surface area contributed by atoms with E-state index >= 15 is 0 Å². The summed E-state index contributed by atoms with van der Waals surface area (Å²) in [4.78, 5) is 0. The first-order valence-corrected chi connectivity index (χ1v) is 5.17. The number of hydrogen-bond acceptors (Lipinski definition) is 4. The van der Waals surface area contributed by atoms with E-state index in [2.05, 4.69) is 5.32 Å². The van der Waals surface area contributed by atoms with E-state index in [-0.39, 0.29) is 12.5 Å². The maximum Gasteiger partial charge on any atom is 0.163 e. The highest BCUT2D eigenvalue weighted by Gasteiger charge is 2.25. The predicted molar refractivity (Wildman–Crippen MR) is 55.7 cm³/mol. The topological polar surface area (TPSA) is 50.7 Å². The summed E-state index contributed by atoms with van der Waals surface area (Å²) in [5, 5.41) is 12.5. The van der Waals surface area contributed by atoms with Crippen molar-refractivity contribution in [1.82, 2.24) is 0 Å². The molecule has 2 heterocycles. The van der Waals surface area contributed by atoms with Crippen molar-refractivity contribution in [2.24, 2.45) is 0 Å². The van der Waals surface area contributed by atoms with Crippen LogP contribution in [0.1, 0.15) is 11.5 Å². The number of anilines is 1. The average molecular weight is 207 g/mol. The Morgan fingerprint density at radius 2 is 2.00 bits per heavy atom. The van der Waals surface area contributed by atoms with E-state index in [1.54, 1.807) is 0 Å². The molecule has 0 amide bonds. The summed E-state index contributed by atoms with van der Waals surface area (Å²) in [5.41, 5.74) is 2.18. The Bertz CT molecular complexity index is 392. The van der Waals surface area contributed by atoms with Crippen LogP contribution in [0.3, 0.4) is 0 Å². The van der Waals surface area contributed by atoms with Gasteiger partial charge >= 0.3 is 0 Å². The van der Waals surface area contributed by atoms with E-state index in [0.717, 1.165) is 29.3 Å². The second-order valence-corrected chi connectivity index (χ2v) is 3.84. The van der Waals surface area contributed by atoms with Crippen molar-refractivity contribution in [3.63, 3.8) is 0 Å². The number of fused-ring (bicyclic) bond motifs is 2. The largest absolute Gasteiger partial charge is 0.486 e. The first kappa shape index (κ1) is 8.85. The lowest BCUT2D eigenvalue weighted by Crippen LogP contribution is -2.15. The summed E-state index contributed by atoms with van der Waals surface area (Å²) in [6.07, 6.45) is 0. The standard InChI is InChI=1S/C11H13NO3/c13-6-7-5-12-9-4-11-10(3-8(7)9)14-1-2-15-11/h3-4,7,12-13H,1-2,5-6H2. The molecule has 0 spiro atoms. The number of aliphatic hydroxyl groups excluding tert-OH is 1. The van der Waals surface area contributed by atoms with E-state index in [1.165, 1.54) is 0 Å². The van der Waals surface area contributed by atoms with Crippen LogP contribution in [0.2, 0.25) is 0 Å². The molecule has 0 aliphatic carbocycles. The van der Waals surface area contributed by atoms with Crippen LogP contribution >= 0.6 is 0 Å². The molecular weight excluding hydrogens is 194 g/mol. The van der Waals surface area contributed by atoms with Gasteiger partial charge in [-0.15, -0.1) is 0 Å². The van der Waals surface area contributed by atoms with Crippen molar-refractivity contribution in [2.45, 2.75) is 5.92 Å². The SMILES string of the molecule is OCC1CNc2cc3c(cc21)OCCO3. The van der Waals surface area contributed by atoms with Crippen molar-refractivity contribution >= 4 is 5.69 Å². The molecule has 0 aromatic heterocycles. The zero-order chi connectivity index (χ0) is 10.3. The predicted octanol–water partition coefficient (Wildman–Crippen LogP) is 0.959. The molecule has 15 heavy (non-hydrogen) atoms. The molecule has 0 saturated carbocycles. The van der Waals surface area contributed by atoms with Gasteiger partial charge in [-0.2, -0.15) is 0 Å². The Morgan fingerprint density at radius 1 is 1.27 bits per heavy atom. The lowest BCUT2D eigenvalue weighted by Gasteiger charge is -2.19. The Labute approximate surface area is 87.8 Å². The smallest absolute Gasteiger partial charge is 0.163 e. The van der Waals surface area contributed by atoms with Gasteiger partial charge in [0.1, 0.15) is 13.2 Å². The third-order valence-electron chi connectivity index (χ3n) is 2.91. The molecule has 0 saturated heterocycles. The summed E-state index contributed by atoms with van der Waals surface area (Å²) in [7, 11) is 0. The van der Waals surface area contributed by atoms with Crippen molar-refractivity contribution < 1.29 is 14.6 Å². The van der Waals surface area contributed by atoms with Gasteiger partial charge in [-0.05, 0) is 11.6 Å². The van der Waals surface area contributed by atoms with Crippen LogP contribution in [0.5, 0.6) is 11.5 Å². The molecule has 0 fully saturated rings. The van der Waals surface area contributed by atoms with Crippen LogP contribution < -0.4 is 14.8 Å². The lowest BCUT2D eigenvalue weighted by atomic mass is 10.0. The third kappa shape index (κ3) is 1.33. The van der Waals surface area contributed by atoms with Gasteiger partial charge in [-0.25, -0.2) is 0 Å². The average Bonchev–Trinajstić information content (AvgIpc) is 2.68. The molecule has 4 nitrogen and oxygen atoms in total. The van der Waals surface area contributed by atoms with Crippen LogP contribution in [-0.4, -0.2) is 31.5 Å². The highest BCUT2D eigenvalue weighted by Crippen LogP contribution is 2.41. The lowest BCUT2D eigenvalue weighted by molar-refractivity contribution is 0.171. The van der Waals surface area contributed by atoms with Gasteiger partial charge in [0.05, 0.1) is 6.61 Å². The van der Waals surface area contributed by atoms with Crippen LogP contribution in [0.25, 0.3) is 0 Å². The van der Waals surface area contributed by atoms with Crippen LogP contribution in [0, 0.1) is 0 Å². The van der Waals surface area contributed by atoms with Crippen LogP contribution in [0.4, 0.5) is 5.69 Å². The van der Waals surface area contributed by atoms with Crippen molar-refractivity contribution in [3.8, 4) is 11.5 Å². The summed E-state index contributed by atoms with van der Waals surface area (Å²) in [6, 6.07) is 3.93. The second-order valence-electron chi connectivity index (χ2n) is 3.84. The van der Waals surface area contributed by atoms with Crippen LogP contribution in [-0.2, 0) is 0 Å². The molecule has 0 radical (unpaired) electrons. The van der Waals surface area contributed by atoms with E-state index in [0.29, 0.717) is 13.2 Å². The van der Waals surface area contributed by atoms with E-state index < -0.39 is 0 Å². The Kier molecular flexibility index (Phi) is 1.95. The summed E-state index contributed by atoms with van der Waals surface area (Å²) >= 11 is 0. The molecule has 2 aliphatic rings. The van der Waals surface area contributed by atoms with Gasteiger partial charge in [0.15, 0.2) is 11.5 Å². The van der Waals surface area contributed by atoms with Gasteiger partial charge in [0.25, 0.3) is 0 Å². The minimum absolute atomic E-state index is 0.166. The molecule has 1 aromatic rings. The number of aliphatic hydroxyl groups is 1. The Hall–Kier alpha value is -1.42. The summed E-state index contributed by atoms with van der Waals surface area (Å²) < 4.78 is 11.0. The summed E-state index contributed by atoms with van der Waals surface area (Å²) in [5.74, 6) is 1.77. The molecule has 0 bridgehead atoms. The number of nitrogens with one attached hydrogen (secondary N) is 1. The number of rotatable bonds is 1. The molecule has 80 valence electrons. The van der Waals surface area contributed by atoms with Gasteiger partial charge in [0, 0.05) is 24.2 Å². The number of benzene rings is 1. The maximum absolute atomic E-state index is 9.20. The Balaban J connectivity index is 2.05. The molecule has 1 atom stereocenters. The first-order chi connectivity index (χ1) is 7.38. The van der Waals surface area contributed by atoms with Crippen LogP contribution in [0.15, 0.2) is 12.1 Å². The molecule has 2 N–H and O–H groups in total. The molecule has 2 aliphatic heterocycles. The van der Waals surface area contributed by atoms with E-state index in [1.807, 2.05) is 12.1 Å². The van der Waals surface area contributed by atoms with Gasteiger partial charge in [0.2, 0.25) is 0 Å². The maximum atomic E-state index is 9.20. The number of hydrogen-bond donors (Lipinski definition) is 2. The minimum Gasteiger partial charge on any atom is -0.486 e. The molecule has 3 rings (SSSR count). The van der Waals surface area contributed by atoms with Gasteiger partial charge < -0.3 is 19.9 Å². The highest BCUT2D eigenvalue weighted by atomic mass is 16.6. The normalized spacial score (nSPS) is 22.1. The summed E-state index contributed by atoms with van der Waals surface area (Å²) in [6.45, 7) is 2.16. The molecule has 1 aromatic carbocycles. The van der Waals surface area contributed by atoms with Gasteiger partial charge in [-0.3, -0.25) is 0 Å². The molecule has 1 unspecified atom stereocenters. The fraction of sp³-hybridized carbons (Fsp3) is 0.455. The van der Waals surface area contributed by atoms with E-state index in [4.69, 9.17) is 9.47 Å². The zero-order valence-electron chi connectivity index (χ0n) is 8.32. The molecular formula is C11H13NO3. The second kappa shape index (κ2) is 3.31. The van der Waals surface area contributed by atoms with Gasteiger partial charge in [-0.1, -0.05) is 0 Å². The monoisotopic (exact) mass is 207 g/mol. The van der Waals surface area contributed by atoms with Crippen molar-refractivity contribution in [1.29, 1.82) is 0 Å². The Morgan fingerprint density at radius 3 is 2.73 bits per heavy atom.